The molecule has 0 saturated carbocycles. The van der Waals surface area contributed by atoms with E-state index in [4.69, 9.17) is 0 Å². The maximum absolute atomic E-state index is 12.3. The van der Waals surface area contributed by atoms with Crippen LogP contribution in [0.4, 0.5) is 0 Å². The summed E-state index contributed by atoms with van der Waals surface area (Å²) in [7, 11) is 0. The predicted molar refractivity (Wildman–Crippen MR) is 117 cm³/mol. The number of carbonyl (C=O) groups is 1. The second-order valence-electron chi connectivity index (χ2n) is 6.54. The topological polar surface area (TPSA) is 90.4 Å². The van der Waals surface area contributed by atoms with Gasteiger partial charge in [0.1, 0.15) is 11.6 Å². The standard InChI is InChI=1S/C22H17BrN4O2/c1-13-3-2-4-18-20(13)26-21(25-18)15-6-8-16(9-7-15)22(29)27-24-12-14-5-10-19(28)17(23)11-14/h2-12,28H,1H3,(H,25,26)(H,27,29)/b24-12+. The molecule has 3 aromatic carbocycles. The molecule has 0 spiro atoms. The summed E-state index contributed by atoms with van der Waals surface area (Å²) >= 11 is 3.24. The highest BCUT2D eigenvalue weighted by molar-refractivity contribution is 9.10. The summed E-state index contributed by atoms with van der Waals surface area (Å²) in [6.07, 6.45) is 1.51. The average Bonchev–Trinajstić information content (AvgIpc) is 3.16. The van der Waals surface area contributed by atoms with Crippen molar-refractivity contribution in [1.82, 2.24) is 15.4 Å². The lowest BCUT2D eigenvalue weighted by Gasteiger charge is -2.02. The maximum atomic E-state index is 12.3. The van der Waals surface area contributed by atoms with Gasteiger partial charge in [-0.15, -0.1) is 0 Å². The van der Waals surface area contributed by atoms with Crippen LogP contribution in [-0.2, 0) is 0 Å². The largest absolute Gasteiger partial charge is 0.507 e. The lowest BCUT2D eigenvalue weighted by atomic mass is 10.1. The van der Waals surface area contributed by atoms with E-state index >= 15 is 0 Å². The van der Waals surface area contributed by atoms with E-state index in [2.05, 4.69) is 36.4 Å². The highest BCUT2D eigenvalue weighted by Gasteiger charge is 2.09. The van der Waals surface area contributed by atoms with Crippen molar-refractivity contribution in [1.29, 1.82) is 0 Å². The lowest BCUT2D eigenvalue weighted by molar-refractivity contribution is 0.0955. The second kappa shape index (κ2) is 7.89. The van der Waals surface area contributed by atoms with E-state index in [1.54, 1.807) is 30.3 Å². The number of benzene rings is 3. The number of nitrogens with one attached hydrogen (secondary N) is 2. The Bertz CT molecular complexity index is 1230. The number of aromatic hydroxyl groups is 1. The summed E-state index contributed by atoms with van der Waals surface area (Å²) in [6, 6.07) is 18.1. The van der Waals surface area contributed by atoms with Gasteiger partial charge in [-0.3, -0.25) is 4.79 Å². The number of rotatable bonds is 4. The quantitative estimate of drug-likeness (QED) is 0.310. The normalized spacial score (nSPS) is 11.2. The molecule has 3 N–H and O–H groups in total. The molecular weight excluding hydrogens is 432 g/mol. The third kappa shape index (κ3) is 4.05. The molecule has 4 rings (SSSR count). The van der Waals surface area contributed by atoms with Crippen LogP contribution >= 0.6 is 15.9 Å². The zero-order valence-electron chi connectivity index (χ0n) is 15.5. The zero-order chi connectivity index (χ0) is 20.4. The van der Waals surface area contributed by atoms with Gasteiger partial charge in [-0.2, -0.15) is 5.10 Å². The molecular formula is C22H17BrN4O2. The molecule has 7 heteroatoms. The van der Waals surface area contributed by atoms with Crippen LogP contribution < -0.4 is 5.43 Å². The van der Waals surface area contributed by atoms with Crippen LogP contribution in [0.15, 0.2) is 70.2 Å². The number of fused-ring (bicyclic) bond motifs is 1. The summed E-state index contributed by atoms with van der Waals surface area (Å²) < 4.78 is 0.559. The third-order valence-corrected chi connectivity index (χ3v) is 5.12. The first-order valence-corrected chi connectivity index (χ1v) is 9.68. The number of amides is 1. The zero-order valence-corrected chi connectivity index (χ0v) is 17.1. The van der Waals surface area contributed by atoms with E-state index in [1.807, 2.05) is 37.3 Å². The third-order valence-electron chi connectivity index (χ3n) is 4.49. The minimum atomic E-state index is -0.314. The monoisotopic (exact) mass is 448 g/mol. The molecule has 29 heavy (non-hydrogen) atoms. The molecule has 0 fully saturated rings. The number of aryl methyl sites for hydroxylation is 1. The molecule has 1 heterocycles. The fourth-order valence-corrected chi connectivity index (χ4v) is 3.32. The number of phenolic OH excluding ortho intramolecular Hbond substituents is 1. The Hall–Kier alpha value is -3.45. The highest BCUT2D eigenvalue weighted by atomic mass is 79.9. The predicted octanol–water partition coefficient (Wildman–Crippen LogP) is 4.77. The number of hydrazone groups is 1. The van der Waals surface area contributed by atoms with Crippen LogP contribution in [0.25, 0.3) is 22.4 Å². The first-order chi connectivity index (χ1) is 14.0. The number of para-hydroxylation sites is 1. The molecule has 0 aliphatic rings. The highest BCUT2D eigenvalue weighted by Crippen LogP contribution is 2.24. The Labute approximate surface area is 175 Å². The number of nitrogens with zero attached hydrogens (tertiary/aromatic N) is 2. The molecule has 0 bridgehead atoms. The molecule has 0 aliphatic carbocycles. The molecule has 1 amide bonds. The Balaban J connectivity index is 1.46. The molecule has 0 radical (unpaired) electrons. The summed E-state index contributed by atoms with van der Waals surface area (Å²) in [6.45, 7) is 2.03. The van der Waals surface area contributed by atoms with Gasteiger partial charge in [-0.25, -0.2) is 10.4 Å². The minimum absolute atomic E-state index is 0.144. The number of aromatic nitrogens is 2. The summed E-state index contributed by atoms with van der Waals surface area (Å²) in [5.41, 5.74) is 7.67. The van der Waals surface area contributed by atoms with Gasteiger partial charge in [-0.05, 0) is 70.4 Å². The number of H-pyrrole nitrogens is 1. The Morgan fingerprint density at radius 3 is 2.69 bits per heavy atom. The van der Waals surface area contributed by atoms with E-state index in [0.717, 1.165) is 33.5 Å². The molecule has 144 valence electrons. The van der Waals surface area contributed by atoms with Crippen molar-refractivity contribution in [3.05, 3.63) is 81.8 Å². The van der Waals surface area contributed by atoms with Crippen LogP contribution in [0, 0.1) is 6.92 Å². The summed E-state index contributed by atoms with van der Waals surface area (Å²) in [5.74, 6) is 0.592. The molecule has 0 aliphatic heterocycles. The number of hydrogen-bond acceptors (Lipinski definition) is 4. The maximum Gasteiger partial charge on any atom is 0.271 e. The van der Waals surface area contributed by atoms with Gasteiger partial charge in [0.25, 0.3) is 5.91 Å². The molecule has 4 aromatic rings. The van der Waals surface area contributed by atoms with Gasteiger partial charge in [-0.1, -0.05) is 24.3 Å². The van der Waals surface area contributed by atoms with Crippen LogP contribution in [0.2, 0.25) is 0 Å². The van der Waals surface area contributed by atoms with Crippen molar-refractivity contribution in [2.45, 2.75) is 6.92 Å². The van der Waals surface area contributed by atoms with E-state index in [1.165, 1.54) is 6.21 Å². The molecule has 0 saturated heterocycles. The van der Waals surface area contributed by atoms with Crippen LogP contribution in [0.1, 0.15) is 21.5 Å². The summed E-state index contributed by atoms with van der Waals surface area (Å²) in [5, 5.41) is 13.5. The minimum Gasteiger partial charge on any atom is -0.507 e. The van der Waals surface area contributed by atoms with Gasteiger partial charge in [0.15, 0.2) is 0 Å². The Morgan fingerprint density at radius 2 is 1.97 bits per heavy atom. The van der Waals surface area contributed by atoms with Crippen molar-refractivity contribution in [2.75, 3.05) is 0 Å². The van der Waals surface area contributed by atoms with Crippen molar-refractivity contribution in [3.8, 4) is 17.1 Å². The lowest BCUT2D eigenvalue weighted by Crippen LogP contribution is -2.17. The number of halogens is 1. The summed E-state index contributed by atoms with van der Waals surface area (Å²) in [4.78, 5) is 20.2. The van der Waals surface area contributed by atoms with Gasteiger partial charge < -0.3 is 10.1 Å². The Kier molecular flexibility index (Phi) is 5.14. The molecule has 1 aromatic heterocycles. The van der Waals surface area contributed by atoms with Crippen molar-refractivity contribution >= 4 is 39.1 Å². The Morgan fingerprint density at radius 1 is 1.17 bits per heavy atom. The molecule has 0 unspecified atom stereocenters. The fourth-order valence-electron chi connectivity index (χ4n) is 2.93. The van der Waals surface area contributed by atoms with Crippen molar-refractivity contribution < 1.29 is 9.90 Å². The van der Waals surface area contributed by atoms with E-state index < -0.39 is 0 Å². The first-order valence-electron chi connectivity index (χ1n) is 8.89. The number of carbonyl (C=O) groups excluding carboxylic acids is 1. The van der Waals surface area contributed by atoms with E-state index in [9.17, 15) is 9.90 Å². The number of aromatic amines is 1. The number of phenols is 1. The van der Waals surface area contributed by atoms with Crippen LogP contribution in [0.3, 0.4) is 0 Å². The van der Waals surface area contributed by atoms with Crippen LogP contribution in [0.5, 0.6) is 5.75 Å². The smallest absolute Gasteiger partial charge is 0.271 e. The van der Waals surface area contributed by atoms with E-state index in [-0.39, 0.29) is 11.7 Å². The van der Waals surface area contributed by atoms with E-state index in [0.29, 0.717) is 10.0 Å². The number of imidazole rings is 1. The van der Waals surface area contributed by atoms with Crippen molar-refractivity contribution in [2.24, 2.45) is 5.10 Å². The average molecular weight is 449 g/mol. The van der Waals surface area contributed by atoms with Crippen LogP contribution in [-0.4, -0.2) is 27.2 Å². The SMILES string of the molecule is Cc1cccc2[nH]c(-c3ccc(C(=O)N/N=C/c4ccc(O)c(Br)c4)cc3)nc12. The van der Waals surface area contributed by atoms with Gasteiger partial charge in [0.05, 0.1) is 21.7 Å². The van der Waals surface area contributed by atoms with Gasteiger partial charge in [0, 0.05) is 11.1 Å². The van der Waals surface area contributed by atoms with Crippen molar-refractivity contribution in [3.63, 3.8) is 0 Å². The second-order valence-corrected chi connectivity index (χ2v) is 7.40. The first kappa shape index (κ1) is 18.9. The fraction of sp³-hybridized carbons (Fsp3) is 0.0455. The molecule has 0 atom stereocenters. The number of hydrogen-bond donors (Lipinski definition) is 3. The molecule has 6 nitrogen and oxygen atoms in total. The van der Waals surface area contributed by atoms with Gasteiger partial charge >= 0.3 is 0 Å². The van der Waals surface area contributed by atoms with Gasteiger partial charge in [0.2, 0.25) is 0 Å².